The maximum absolute atomic E-state index is 11.9. The topological polar surface area (TPSA) is 66.5 Å². The quantitative estimate of drug-likeness (QED) is 0.900. The van der Waals surface area contributed by atoms with Gasteiger partial charge in [-0.3, -0.25) is 9.69 Å². The van der Waals surface area contributed by atoms with Gasteiger partial charge in [-0.05, 0) is 37.6 Å². The third-order valence-electron chi connectivity index (χ3n) is 4.21. The van der Waals surface area contributed by atoms with Crippen molar-refractivity contribution in [2.45, 2.75) is 44.0 Å². The van der Waals surface area contributed by atoms with E-state index < -0.39 is 9.84 Å². The molecule has 0 spiro atoms. The summed E-state index contributed by atoms with van der Waals surface area (Å²) < 4.78 is 23.8. The first-order chi connectivity index (χ1) is 10.3. The molecule has 0 heterocycles. The van der Waals surface area contributed by atoms with Gasteiger partial charge in [0.05, 0.1) is 5.25 Å². The molecule has 2 atom stereocenters. The number of carbonyl (C=O) groups is 1. The summed E-state index contributed by atoms with van der Waals surface area (Å²) in [6, 6.07) is 7.74. The number of hydrogen-bond donors (Lipinski definition) is 1. The molecule has 1 fully saturated rings. The molecule has 22 heavy (non-hydrogen) atoms. The molecule has 0 aliphatic heterocycles. The van der Waals surface area contributed by atoms with E-state index in [-0.39, 0.29) is 17.2 Å². The van der Waals surface area contributed by atoms with Crippen molar-refractivity contribution in [2.24, 2.45) is 0 Å². The summed E-state index contributed by atoms with van der Waals surface area (Å²) in [6.45, 7) is 2.15. The summed E-state index contributed by atoms with van der Waals surface area (Å²) in [4.78, 5) is 13.2. The lowest BCUT2D eigenvalue weighted by molar-refractivity contribution is -0.114. The van der Waals surface area contributed by atoms with E-state index in [4.69, 9.17) is 0 Å². The number of rotatable bonds is 5. The minimum Gasteiger partial charge on any atom is -0.326 e. The Bertz CT molecular complexity index is 643. The fourth-order valence-electron chi connectivity index (χ4n) is 3.27. The fraction of sp³-hybridized carbons (Fsp3) is 0.562. The largest absolute Gasteiger partial charge is 0.326 e. The highest BCUT2D eigenvalue weighted by molar-refractivity contribution is 7.91. The van der Waals surface area contributed by atoms with Gasteiger partial charge in [0.25, 0.3) is 0 Å². The average Bonchev–Trinajstić information content (AvgIpc) is 2.87. The Balaban J connectivity index is 2.08. The summed E-state index contributed by atoms with van der Waals surface area (Å²) in [7, 11) is -1.04. The van der Waals surface area contributed by atoms with Gasteiger partial charge in [0.15, 0.2) is 9.84 Å². The summed E-state index contributed by atoms with van der Waals surface area (Å²) in [6.07, 6.45) is 3.96. The SMILES string of the molecule is CC(=O)Nc1cccc(CN(C)[C@H]2CCC[C@H]2S(C)(=O)=O)c1. The summed E-state index contributed by atoms with van der Waals surface area (Å²) >= 11 is 0. The van der Waals surface area contributed by atoms with Gasteiger partial charge in [-0.1, -0.05) is 18.6 Å². The minimum absolute atomic E-state index is 0.0689. The minimum atomic E-state index is -3.01. The van der Waals surface area contributed by atoms with Gasteiger partial charge < -0.3 is 5.32 Å². The van der Waals surface area contributed by atoms with Crippen LogP contribution in [0.3, 0.4) is 0 Å². The van der Waals surface area contributed by atoms with Crippen LogP contribution in [-0.2, 0) is 21.2 Å². The fourth-order valence-corrected chi connectivity index (χ4v) is 4.78. The molecule has 0 saturated heterocycles. The van der Waals surface area contributed by atoms with E-state index in [1.165, 1.54) is 13.2 Å². The van der Waals surface area contributed by atoms with E-state index >= 15 is 0 Å². The molecular formula is C16H24N2O3S. The Morgan fingerprint density at radius 1 is 1.36 bits per heavy atom. The van der Waals surface area contributed by atoms with E-state index in [1.807, 2.05) is 31.3 Å². The number of nitrogens with zero attached hydrogens (tertiary/aromatic N) is 1. The normalized spacial score (nSPS) is 22.0. The first-order valence-electron chi connectivity index (χ1n) is 7.53. The van der Waals surface area contributed by atoms with Gasteiger partial charge in [0, 0.05) is 31.5 Å². The molecule has 6 heteroatoms. The predicted molar refractivity (Wildman–Crippen MR) is 88.5 cm³/mol. The number of carbonyl (C=O) groups excluding carboxylic acids is 1. The zero-order valence-electron chi connectivity index (χ0n) is 13.4. The number of benzene rings is 1. The Morgan fingerprint density at radius 3 is 2.73 bits per heavy atom. The van der Waals surface area contributed by atoms with Crippen LogP contribution in [0.15, 0.2) is 24.3 Å². The van der Waals surface area contributed by atoms with Crippen molar-refractivity contribution in [1.29, 1.82) is 0 Å². The van der Waals surface area contributed by atoms with Crippen LogP contribution < -0.4 is 5.32 Å². The molecule has 2 rings (SSSR count). The summed E-state index contributed by atoms with van der Waals surface area (Å²) in [5.41, 5.74) is 1.83. The molecule has 122 valence electrons. The molecule has 0 radical (unpaired) electrons. The van der Waals surface area contributed by atoms with Crippen LogP contribution in [0.5, 0.6) is 0 Å². The molecule has 1 aromatic carbocycles. The lowest BCUT2D eigenvalue weighted by Gasteiger charge is -2.28. The van der Waals surface area contributed by atoms with E-state index in [0.717, 1.165) is 30.5 Å². The molecular weight excluding hydrogens is 300 g/mol. The smallest absolute Gasteiger partial charge is 0.221 e. The molecule has 1 saturated carbocycles. The van der Waals surface area contributed by atoms with Gasteiger partial charge in [-0.2, -0.15) is 0 Å². The Morgan fingerprint density at radius 2 is 2.09 bits per heavy atom. The molecule has 0 bridgehead atoms. The Kier molecular flexibility index (Phi) is 5.24. The third kappa shape index (κ3) is 4.30. The lowest BCUT2D eigenvalue weighted by atomic mass is 10.1. The highest BCUT2D eigenvalue weighted by Crippen LogP contribution is 2.29. The van der Waals surface area contributed by atoms with Crippen molar-refractivity contribution in [1.82, 2.24) is 4.90 Å². The Hall–Kier alpha value is -1.40. The molecule has 1 amide bonds. The number of hydrogen-bond acceptors (Lipinski definition) is 4. The monoisotopic (exact) mass is 324 g/mol. The van der Waals surface area contributed by atoms with Crippen LogP contribution in [0.2, 0.25) is 0 Å². The number of amides is 1. The first-order valence-corrected chi connectivity index (χ1v) is 9.48. The van der Waals surface area contributed by atoms with E-state index in [1.54, 1.807) is 0 Å². The van der Waals surface area contributed by atoms with Gasteiger partial charge in [-0.15, -0.1) is 0 Å². The highest BCUT2D eigenvalue weighted by atomic mass is 32.2. The van der Waals surface area contributed by atoms with Crippen molar-refractivity contribution in [3.05, 3.63) is 29.8 Å². The molecule has 1 aliphatic carbocycles. The summed E-state index contributed by atoms with van der Waals surface area (Å²) in [5, 5.41) is 2.50. The van der Waals surface area contributed by atoms with Crippen LogP contribution in [0.1, 0.15) is 31.7 Å². The zero-order valence-corrected chi connectivity index (χ0v) is 14.2. The van der Waals surface area contributed by atoms with Crippen LogP contribution in [0.25, 0.3) is 0 Å². The number of sulfone groups is 1. The van der Waals surface area contributed by atoms with Crippen LogP contribution in [0.4, 0.5) is 5.69 Å². The second-order valence-electron chi connectivity index (χ2n) is 6.16. The van der Waals surface area contributed by atoms with Crippen LogP contribution in [0, 0.1) is 0 Å². The molecule has 0 unspecified atom stereocenters. The summed E-state index contributed by atoms with van der Waals surface area (Å²) in [5.74, 6) is -0.0987. The third-order valence-corrected chi connectivity index (χ3v) is 5.86. The molecule has 5 nitrogen and oxygen atoms in total. The molecule has 1 aliphatic rings. The van der Waals surface area contributed by atoms with Crippen LogP contribution >= 0.6 is 0 Å². The maximum atomic E-state index is 11.9. The number of anilines is 1. The molecule has 0 aromatic heterocycles. The Labute approximate surface area is 132 Å². The van der Waals surface area contributed by atoms with E-state index in [9.17, 15) is 13.2 Å². The standard InChI is InChI=1S/C16H24N2O3S/c1-12(19)17-14-7-4-6-13(10-14)11-18(2)15-8-5-9-16(15)22(3,20)21/h4,6-7,10,15-16H,5,8-9,11H2,1-3H3,(H,17,19)/t15-,16+/m0/s1. The van der Waals surface area contributed by atoms with Gasteiger partial charge in [-0.25, -0.2) is 8.42 Å². The molecule has 1 N–H and O–H groups in total. The predicted octanol–water partition coefficient (Wildman–Crippen LogP) is 2.04. The van der Waals surface area contributed by atoms with Crippen molar-refractivity contribution < 1.29 is 13.2 Å². The zero-order chi connectivity index (χ0) is 16.3. The average molecular weight is 324 g/mol. The van der Waals surface area contributed by atoms with Gasteiger partial charge in [0.2, 0.25) is 5.91 Å². The van der Waals surface area contributed by atoms with Crippen molar-refractivity contribution in [2.75, 3.05) is 18.6 Å². The van der Waals surface area contributed by atoms with Crippen LogP contribution in [-0.4, -0.2) is 43.8 Å². The second-order valence-corrected chi connectivity index (χ2v) is 8.43. The lowest BCUT2D eigenvalue weighted by Crippen LogP contribution is -2.40. The van der Waals surface area contributed by atoms with Crippen molar-refractivity contribution >= 4 is 21.4 Å². The van der Waals surface area contributed by atoms with Gasteiger partial charge in [0.1, 0.15) is 0 Å². The first kappa shape index (κ1) is 17.0. The number of nitrogens with one attached hydrogen (secondary N) is 1. The van der Waals surface area contributed by atoms with E-state index in [2.05, 4.69) is 10.2 Å². The van der Waals surface area contributed by atoms with E-state index in [0.29, 0.717) is 6.54 Å². The molecule has 1 aromatic rings. The van der Waals surface area contributed by atoms with Crippen molar-refractivity contribution in [3.8, 4) is 0 Å². The van der Waals surface area contributed by atoms with Gasteiger partial charge >= 0.3 is 0 Å². The maximum Gasteiger partial charge on any atom is 0.221 e. The van der Waals surface area contributed by atoms with Crippen molar-refractivity contribution in [3.63, 3.8) is 0 Å². The highest BCUT2D eigenvalue weighted by Gasteiger charge is 2.36. The second kappa shape index (κ2) is 6.79.